The second kappa shape index (κ2) is 10.0. The summed E-state index contributed by atoms with van der Waals surface area (Å²) in [6, 6.07) is 5.40. The van der Waals surface area contributed by atoms with Crippen LogP contribution in [0.5, 0.6) is 0 Å². The van der Waals surface area contributed by atoms with Gasteiger partial charge in [0.15, 0.2) is 0 Å². The minimum absolute atomic E-state index is 0.129. The molecule has 3 rings (SSSR count). The van der Waals surface area contributed by atoms with Crippen LogP contribution in [0.15, 0.2) is 34.1 Å². The van der Waals surface area contributed by atoms with Crippen LogP contribution >= 0.6 is 24.0 Å². The lowest BCUT2D eigenvalue weighted by molar-refractivity contribution is -0.122. The molecular formula is C21H26N4O2S2. The summed E-state index contributed by atoms with van der Waals surface area (Å²) in [6.45, 7) is 5.37. The molecule has 6 nitrogen and oxygen atoms in total. The molecule has 2 aromatic heterocycles. The van der Waals surface area contributed by atoms with E-state index in [2.05, 4.69) is 17.2 Å². The second-order valence-electron chi connectivity index (χ2n) is 6.89. The van der Waals surface area contributed by atoms with Gasteiger partial charge in [0, 0.05) is 19.3 Å². The molecule has 29 heavy (non-hydrogen) atoms. The van der Waals surface area contributed by atoms with Crippen LogP contribution in [0.25, 0.3) is 11.7 Å². The molecule has 8 heteroatoms. The number of hydrogen-bond donors (Lipinski definition) is 1. The van der Waals surface area contributed by atoms with Crippen molar-refractivity contribution in [2.24, 2.45) is 0 Å². The van der Waals surface area contributed by atoms with Crippen LogP contribution < -0.4 is 10.9 Å². The first-order chi connectivity index (χ1) is 14.1. The summed E-state index contributed by atoms with van der Waals surface area (Å²) < 4.78 is 2.04. The number of pyridine rings is 1. The number of anilines is 1. The van der Waals surface area contributed by atoms with Gasteiger partial charge < -0.3 is 5.32 Å². The normalized spacial score (nSPS) is 15.7. The molecule has 1 aliphatic heterocycles. The molecule has 0 atom stereocenters. The number of hydrogen-bond acceptors (Lipinski definition) is 6. The predicted octanol–water partition coefficient (Wildman–Crippen LogP) is 4.30. The number of nitrogens with one attached hydrogen (secondary N) is 1. The molecule has 0 saturated carbocycles. The largest absolute Gasteiger partial charge is 0.370 e. The first-order valence-corrected chi connectivity index (χ1v) is 11.3. The maximum absolute atomic E-state index is 13.0. The second-order valence-corrected chi connectivity index (χ2v) is 8.56. The number of nitrogens with zero attached hydrogens (tertiary/aromatic N) is 3. The van der Waals surface area contributed by atoms with E-state index in [1.165, 1.54) is 35.4 Å². The first kappa shape index (κ1) is 21.5. The molecule has 3 heterocycles. The molecule has 0 aromatic carbocycles. The molecule has 0 spiro atoms. The molecule has 1 aliphatic rings. The molecule has 0 unspecified atom stereocenters. The van der Waals surface area contributed by atoms with E-state index >= 15 is 0 Å². The molecule has 0 aliphatic carbocycles. The monoisotopic (exact) mass is 430 g/mol. The van der Waals surface area contributed by atoms with Crippen molar-refractivity contribution >= 4 is 51.7 Å². The zero-order valence-corrected chi connectivity index (χ0v) is 18.4. The number of rotatable bonds is 9. The molecule has 0 radical (unpaired) electrons. The minimum atomic E-state index is -0.212. The van der Waals surface area contributed by atoms with E-state index in [0.29, 0.717) is 39.3 Å². The van der Waals surface area contributed by atoms with Gasteiger partial charge in [0.05, 0.1) is 10.5 Å². The lowest BCUT2D eigenvalue weighted by Crippen LogP contribution is -2.29. The van der Waals surface area contributed by atoms with Gasteiger partial charge in [0.2, 0.25) is 0 Å². The van der Waals surface area contributed by atoms with Crippen molar-refractivity contribution in [3.8, 4) is 0 Å². The molecular weight excluding hydrogens is 404 g/mol. The summed E-state index contributed by atoms with van der Waals surface area (Å²) in [5, 5.41) is 3.14. The number of thioether (sulfide) groups is 1. The lowest BCUT2D eigenvalue weighted by Gasteiger charge is -2.14. The number of carbonyl (C=O) groups is 1. The summed E-state index contributed by atoms with van der Waals surface area (Å²) in [7, 11) is 0. The van der Waals surface area contributed by atoms with E-state index in [1.807, 2.05) is 13.0 Å². The van der Waals surface area contributed by atoms with Gasteiger partial charge in [-0.1, -0.05) is 62.7 Å². The van der Waals surface area contributed by atoms with Crippen molar-refractivity contribution < 1.29 is 4.79 Å². The fraction of sp³-hybridized carbons (Fsp3) is 0.429. The number of fused-ring (bicyclic) bond motifs is 1. The van der Waals surface area contributed by atoms with Crippen LogP contribution in [0.4, 0.5) is 5.82 Å². The van der Waals surface area contributed by atoms with E-state index in [4.69, 9.17) is 12.2 Å². The van der Waals surface area contributed by atoms with Crippen LogP contribution in [0.3, 0.4) is 0 Å². The van der Waals surface area contributed by atoms with Crippen molar-refractivity contribution in [3.05, 3.63) is 45.2 Å². The Morgan fingerprint density at radius 2 is 1.97 bits per heavy atom. The maximum atomic E-state index is 13.0. The number of carbonyl (C=O) groups excluding carboxylic acids is 1. The Morgan fingerprint density at radius 1 is 1.17 bits per heavy atom. The first-order valence-electron chi connectivity index (χ1n) is 10.1. The van der Waals surface area contributed by atoms with Gasteiger partial charge in [-0.2, -0.15) is 0 Å². The summed E-state index contributed by atoms with van der Waals surface area (Å²) >= 11 is 6.67. The summed E-state index contributed by atoms with van der Waals surface area (Å²) in [6.07, 6.45) is 8.90. The molecule has 154 valence electrons. The van der Waals surface area contributed by atoms with Crippen molar-refractivity contribution in [2.75, 3.05) is 18.4 Å². The Hall–Kier alpha value is -2.19. The zero-order chi connectivity index (χ0) is 20.8. The summed E-state index contributed by atoms with van der Waals surface area (Å²) in [4.78, 5) is 32.6. The predicted molar refractivity (Wildman–Crippen MR) is 124 cm³/mol. The topological polar surface area (TPSA) is 66.7 Å². The van der Waals surface area contributed by atoms with E-state index in [9.17, 15) is 9.59 Å². The maximum Gasteiger partial charge on any atom is 0.267 e. The van der Waals surface area contributed by atoms with Gasteiger partial charge in [0.25, 0.3) is 11.5 Å². The van der Waals surface area contributed by atoms with Crippen LogP contribution in [-0.2, 0) is 4.79 Å². The molecule has 1 fully saturated rings. The Bertz CT molecular complexity index is 1000. The third-order valence-electron chi connectivity index (χ3n) is 4.75. The highest BCUT2D eigenvalue weighted by atomic mass is 32.2. The van der Waals surface area contributed by atoms with E-state index in [1.54, 1.807) is 29.3 Å². The van der Waals surface area contributed by atoms with Crippen molar-refractivity contribution in [1.82, 2.24) is 14.3 Å². The molecule has 0 bridgehead atoms. The third-order valence-corrected chi connectivity index (χ3v) is 6.13. The van der Waals surface area contributed by atoms with Crippen molar-refractivity contribution in [3.63, 3.8) is 0 Å². The van der Waals surface area contributed by atoms with Gasteiger partial charge in [-0.3, -0.25) is 18.9 Å². The van der Waals surface area contributed by atoms with Crippen LogP contribution in [-0.4, -0.2) is 37.6 Å². The quantitative estimate of drug-likeness (QED) is 0.364. The SMILES string of the molecule is CCCCCCCN1C(=O)C(=Cc2c(NCC)nc3ccccn3c2=O)SC1=S. The van der Waals surface area contributed by atoms with Crippen LogP contribution in [0.1, 0.15) is 51.5 Å². The number of amides is 1. The van der Waals surface area contributed by atoms with Gasteiger partial charge in [-0.25, -0.2) is 4.98 Å². The highest BCUT2D eigenvalue weighted by Crippen LogP contribution is 2.33. The fourth-order valence-electron chi connectivity index (χ4n) is 3.23. The van der Waals surface area contributed by atoms with Crippen molar-refractivity contribution in [2.45, 2.75) is 46.0 Å². The van der Waals surface area contributed by atoms with E-state index in [-0.39, 0.29) is 11.5 Å². The lowest BCUT2D eigenvalue weighted by atomic mass is 10.1. The molecule has 1 amide bonds. The number of aromatic nitrogens is 2. The minimum Gasteiger partial charge on any atom is -0.370 e. The Kier molecular flexibility index (Phi) is 7.44. The highest BCUT2D eigenvalue weighted by molar-refractivity contribution is 8.26. The van der Waals surface area contributed by atoms with Crippen LogP contribution in [0, 0.1) is 0 Å². The van der Waals surface area contributed by atoms with E-state index < -0.39 is 0 Å². The Balaban J connectivity index is 1.88. The Labute approximate surface area is 180 Å². The number of unbranched alkanes of at least 4 members (excludes halogenated alkanes) is 4. The van der Waals surface area contributed by atoms with Gasteiger partial charge >= 0.3 is 0 Å². The number of thiocarbonyl (C=S) groups is 1. The van der Waals surface area contributed by atoms with Crippen molar-refractivity contribution in [1.29, 1.82) is 0 Å². The Morgan fingerprint density at radius 3 is 2.72 bits per heavy atom. The third kappa shape index (κ3) is 4.87. The fourth-order valence-corrected chi connectivity index (χ4v) is 4.52. The summed E-state index contributed by atoms with van der Waals surface area (Å²) in [5.74, 6) is 0.351. The molecule has 2 aromatic rings. The van der Waals surface area contributed by atoms with Crippen LogP contribution in [0.2, 0.25) is 0 Å². The molecule has 1 N–H and O–H groups in total. The van der Waals surface area contributed by atoms with Gasteiger partial charge in [-0.05, 0) is 31.6 Å². The zero-order valence-electron chi connectivity index (χ0n) is 16.8. The van der Waals surface area contributed by atoms with Gasteiger partial charge in [-0.15, -0.1) is 0 Å². The average Bonchev–Trinajstić information content (AvgIpc) is 2.98. The van der Waals surface area contributed by atoms with Gasteiger partial charge in [0.1, 0.15) is 15.8 Å². The van der Waals surface area contributed by atoms with E-state index in [0.717, 1.165) is 12.8 Å². The summed E-state index contributed by atoms with van der Waals surface area (Å²) in [5.41, 5.74) is 0.723. The highest BCUT2D eigenvalue weighted by Gasteiger charge is 2.32. The molecule has 1 saturated heterocycles. The smallest absolute Gasteiger partial charge is 0.267 e. The standard InChI is InChI=1S/C21H26N4O2S2/c1-3-5-6-7-9-13-25-20(27)16(29-21(25)28)14-15-18(22-4-2)23-17-11-8-10-12-24(17)19(15)26/h8,10-12,14,22H,3-7,9,13H2,1-2H3. The average molecular weight is 431 g/mol.